The molecule has 2 fully saturated rings. The van der Waals surface area contributed by atoms with E-state index in [1.165, 1.54) is 11.1 Å². The highest BCUT2D eigenvalue weighted by Gasteiger charge is 2.46. The largest absolute Gasteiger partial charge is 0.346 e. The van der Waals surface area contributed by atoms with Gasteiger partial charge in [-0.2, -0.15) is 5.10 Å². The van der Waals surface area contributed by atoms with Crippen LogP contribution in [0, 0.1) is 12.8 Å². The van der Waals surface area contributed by atoms with Gasteiger partial charge >= 0.3 is 5.69 Å². The minimum absolute atomic E-state index is 0.0223. The van der Waals surface area contributed by atoms with E-state index >= 15 is 0 Å². The van der Waals surface area contributed by atoms with E-state index in [-0.39, 0.29) is 23.1 Å². The summed E-state index contributed by atoms with van der Waals surface area (Å²) in [6.07, 6.45) is 4.60. The Balaban J connectivity index is 1.43. The second-order valence-corrected chi connectivity index (χ2v) is 9.13. The minimum atomic E-state index is -0.368. The number of carbonyl (C=O) groups excluding carboxylic acids is 1. The Morgan fingerprint density at radius 3 is 2.57 bits per heavy atom. The predicted octanol–water partition coefficient (Wildman–Crippen LogP) is 2.44. The molecule has 1 aromatic heterocycles. The van der Waals surface area contributed by atoms with Crippen LogP contribution in [-0.2, 0) is 23.2 Å². The second kappa shape index (κ2) is 6.33. The summed E-state index contributed by atoms with van der Waals surface area (Å²) in [4.78, 5) is 28.0. The van der Waals surface area contributed by atoms with Crippen LogP contribution in [0.2, 0.25) is 0 Å². The molecule has 1 atom stereocenters. The van der Waals surface area contributed by atoms with Crippen LogP contribution in [0.5, 0.6) is 0 Å². The summed E-state index contributed by atoms with van der Waals surface area (Å²) < 4.78 is 3.33. The molecule has 1 saturated heterocycles. The van der Waals surface area contributed by atoms with Crippen molar-refractivity contribution in [3.8, 4) is 0 Å². The number of hydrogen-bond donors (Lipinski definition) is 0. The number of carbonyl (C=O) groups is 1. The molecule has 0 spiro atoms. The van der Waals surface area contributed by atoms with E-state index < -0.39 is 0 Å². The van der Waals surface area contributed by atoms with Crippen LogP contribution >= 0.6 is 0 Å². The summed E-state index contributed by atoms with van der Waals surface area (Å²) in [6, 6.07) is 8.27. The van der Waals surface area contributed by atoms with Gasteiger partial charge in [-0.1, -0.05) is 36.8 Å². The first-order chi connectivity index (χ1) is 13.5. The number of hydrogen-bond acceptors (Lipinski definition) is 3. The molecule has 0 unspecified atom stereocenters. The zero-order valence-corrected chi connectivity index (χ0v) is 16.7. The number of fused-ring (bicyclic) bond motifs is 1. The molecule has 2 aliphatic heterocycles. The zero-order valence-electron chi connectivity index (χ0n) is 16.7. The van der Waals surface area contributed by atoms with Gasteiger partial charge in [-0.05, 0) is 44.1 Å². The molecule has 1 amide bonds. The van der Waals surface area contributed by atoms with Crippen LogP contribution in [0.1, 0.15) is 55.6 Å². The number of rotatable bonds is 4. The van der Waals surface area contributed by atoms with Crippen LogP contribution in [0.15, 0.2) is 29.1 Å². The van der Waals surface area contributed by atoms with Crippen LogP contribution in [0.3, 0.4) is 0 Å². The molecular weight excluding hydrogens is 352 g/mol. The Labute approximate surface area is 165 Å². The standard InChI is InChI=1S/C22H28N4O2/c1-15-6-8-17(9-7-15)22(10-11-22)14-25-21(28)26-18(4-3-5-19(26)23-25)20(27)24-12-16(2)13-24/h6-9,16,18H,3-5,10-14H2,1-2H3/t18-/m0/s1. The van der Waals surface area contributed by atoms with E-state index in [0.29, 0.717) is 12.5 Å². The van der Waals surface area contributed by atoms with Gasteiger partial charge in [0, 0.05) is 24.9 Å². The topological polar surface area (TPSA) is 60.1 Å². The summed E-state index contributed by atoms with van der Waals surface area (Å²) in [7, 11) is 0. The third kappa shape index (κ3) is 2.81. The first-order valence-corrected chi connectivity index (χ1v) is 10.5. The molecule has 5 rings (SSSR count). The van der Waals surface area contributed by atoms with Crippen molar-refractivity contribution < 1.29 is 4.79 Å². The van der Waals surface area contributed by atoms with Crippen molar-refractivity contribution in [3.63, 3.8) is 0 Å². The van der Waals surface area contributed by atoms with Crippen molar-refractivity contribution in [1.29, 1.82) is 0 Å². The van der Waals surface area contributed by atoms with Gasteiger partial charge < -0.3 is 4.90 Å². The van der Waals surface area contributed by atoms with Gasteiger partial charge in [0.05, 0.1) is 6.54 Å². The summed E-state index contributed by atoms with van der Waals surface area (Å²) in [5.41, 5.74) is 2.45. The van der Waals surface area contributed by atoms with Gasteiger partial charge in [-0.25, -0.2) is 9.48 Å². The average molecular weight is 380 g/mol. The van der Waals surface area contributed by atoms with Crippen LogP contribution in [-0.4, -0.2) is 38.2 Å². The van der Waals surface area contributed by atoms with E-state index in [4.69, 9.17) is 0 Å². The average Bonchev–Trinajstić information content (AvgIpc) is 3.38. The van der Waals surface area contributed by atoms with Crippen molar-refractivity contribution in [3.05, 3.63) is 51.7 Å². The number of aromatic nitrogens is 3. The fourth-order valence-electron chi connectivity index (χ4n) is 4.84. The summed E-state index contributed by atoms with van der Waals surface area (Å²) >= 11 is 0. The third-order valence-electron chi connectivity index (χ3n) is 6.76. The molecule has 1 saturated carbocycles. The smallest absolute Gasteiger partial charge is 0.340 e. The first kappa shape index (κ1) is 17.7. The Kier molecular flexibility index (Phi) is 4.00. The number of aryl methyl sites for hydroxylation is 2. The highest BCUT2D eigenvalue weighted by molar-refractivity contribution is 5.81. The van der Waals surface area contributed by atoms with Crippen molar-refractivity contribution in [2.24, 2.45) is 5.92 Å². The monoisotopic (exact) mass is 380 g/mol. The summed E-state index contributed by atoms with van der Waals surface area (Å²) in [6.45, 7) is 6.47. The lowest BCUT2D eigenvalue weighted by molar-refractivity contribution is -0.141. The highest BCUT2D eigenvalue weighted by atomic mass is 16.2. The molecule has 6 nitrogen and oxygen atoms in total. The van der Waals surface area contributed by atoms with Crippen LogP contribution in [0.4, 0.5) is 0 Å². The maximum absolute atomic E-state index is 13.2. The maximum Gasteiger partial charge on any atom is 0.346 e. The minimum Gasteiger partial charge on any atom is -0.340 e. The van der Waals surface area contributed by atoms with E-state index in [1.54, 1.807) is 9.25 Å². The molecule has 6 heteroatoms. The fourth-order valence-corrected chi connectivity index (χ4v) is 4.84. The Hall–Kier alpha value is -2.37. The van der Waals surface area contributed by atoms with Gasteiger partial charge in [0.1, 0.15) is 11.9 Å². The number of nitrogens with zero attached hydrogens (tertiary/aromatic N) is 4. The van der Waals surface area contributed by atoms with Crippen molar-refractivity contribution in [2.75, 3.05) is 13.1 Å². The van der Waals surface area contributed by atoms with Gasteiger partial charge in [0.2, 0.25) is 5.91 Å². The van der Waals surface area contributed by atoms with Crippen molar-refractivity contribution in [2.45, 2.75) is 64.0 Å². The predicted molar refractivity (Wildman–Crippen MR) is 106 cm³/mol. The van der Waals surface area contributed by atoms with E-state index in [2.05, 4.69) is 43.2 Å². The number of benzene rings is 1. The molecule has 3 heterocycles. The Morgan fingerprint density at radius 1 is 1.21 bits per heavy atom. The normalized spacial score (nSPS) is 23.2. The maximum atomic E-state index is 13.2. The van der Waals surface area contributed by atoms with Gasteiger partial charge in [-0.3, -0.25) is 9.36 Å². The molecule has 0 N–H and O–H groups in total. The summed E-state index contributed by atoms with van der Waals surface area (Å²) in [5, 5.41) is 4.67. The van der Waals surface area contributed by atoms with E-state index in [0.717, 1.165) is 51.0 Å². The van der Waals surface area contributed by atoms with Crippen molar-refractivity contribution in [1.82, 2.24) is 19.2 Å². The molecule has 1 aliphatic carbocycles. The Bertz CT molecular complexity index is 961. The van der Waals surface area contributed by atoms with E-state index in [9.17, 15) is 9.59 Å². The second-order valence-electron chi connectivity index (χ2n) is 9.13. The lowest BCUT2D eigenvalue weighted by Gasteiger charge is -2.40. The quantitative estimate of drug-likeness (QED) is 0.819. The lowest BCUT2D eigenvalue weighted by Crippen LogP contribution is -2.52. The molecule has 148 valence electrons. The molecular formula is C22H28N4O2. The highest BCUT2D eigenvalue weighted by Crippen LogP contribution is 2.49. The lowest BCUT2D eigenvalue weighted by atomic mass is 9.95. The Morgan fingerprint density at radius 2 is 1.93 bits per heavy atom. The van der Waals surface area contributed by atoms with Gasteiger partial charge in [0.15, 0.2) is 0 Å². The molecule has 0 radical (unpaired) electrons. The van der Waals surface area contributed by atoms with Crippen molar-refractivity contribution >= 4 is 5.91 Å². The molecule has 28 heavy (non-hydrogen) atoms. The molecule has 0 bridgehead atoms. The van der Waals surface area contributed by atoms with Crippen LogP contribution < -0.4 is 5.69 Å². The van der Waals surface area contributed by atoms with Crippen LogP contribution in [0.25, 0.3) is 0 Å². The SMILES string of the molecule is Cc1ccc(C2(Cn3nc4n(c3=O)[C@H](C(=O)N3CC(C)C3)CCC4)CC2)cc1. The first-order valence-electron chi connectivity index (χ1n) is 10.5. The molecule has 1 aromatic carbocycles. The van der Waals surface area contributed by atoms with Gasteiger partial charge in [0.25, 0.3) is 0 Å². The van der Waals surface area contributed by atoms with Gasteiger partial charge in [-0.15, -0.1) is 0 Å². The number of likely N-dealkylation sites (tertiary alicyclic amines) is 1. The number of amides is 1. The van der Waals surface area contributed by atoms with E-state index in [1.807, 2.05) is 4.90 Å². The zero-order chi connectivity index (χ0) is 19.5. The molecule has 3 aliphatic rings. The fraction of sp³-hybridized carbons (Fsp3) is 0.591. The molecule has 2 aromatic rings. The third-order valence-corrected chi connectivity index (χ3v) is 6.76. The summed E-state index contributed by atoms with van der Waals surface area (Å²) in [5.74, 6) is 1.44.